The fourth-order valence-corrected chi connectivity index (χ4v) is 3.30. The van der Waals surface area contributed by atoms with Gasteiger partial charge in [0.25, 0.3) is 0 Å². The van der Waals surface area contributed by atoms with Crippen LogP contribution in [0.3, 0.4) is 0 Å². The minimum absolute atomic E-state index is 0.0716. The predicted molar refractivity (Wildman–Crippen MR) is 72.3 cm³/mol. The third kappa shape index (κ3) is 3.22. The molecule has 6 heteroatoms. The summed E-state index contributed by atoms with van der Waals surface area (Å²) in [7, 11) is -3.30. The van der Waals surface area contributed by atoms with Gasteiger partial charge in [0.05, 0.1) is 11.4 Å². The fourth-order valence-electron chi connectivity index (χ4n) is 1.70. The highest BCUT2D eigenvalue weighted by atomic mass is 32.2. The summed E-state index contributed by atoms with van der Waals surface area (Å²) in [4.78, 5) is 0. The van der Waals surface area contributed by atoms with Crippen LogP contribution in [0.25, 0.3) is 0 Å². The topological polar surface area (TPSA) is 96.0 Å². The smallest absolute Gasteiger partial charge is 0.233 e. The van der Waals surface area contributed by atoms with Crippen LogP contribution in [0.2, 0.25) is 0 Å². The van der Waals surface area contributed by atoms with Gasteiger partial charge in [-0.15, -0.1) is 0 Å². The van der Waals surface area contributed by atoms with Gasteiger partial charge in [0.15, 0.2) is 0 Å². The van der Waals surface area contributed by atoms with E-state index in [1.807, 2.05) is 6.92 Å². The first-order valence-electron chi connectivity index (χ1n) is 5.83. The van der Waals surface area contributed by atoms with Crippen LogP contribution >= 0.6 is 0 Å². The largest absolute Gasteiger partial charge is 0.384 e. The highest BCUT2D eigenvalue weighted by Gasteiger charge is 2.28. The molecule has 1 aliphatic rings. The fraction of sp³-hybridized carbons (Fsp3) is 0.417. The van der Waals surface area contributed by atoms with Gasteiger partial charge in [-0.2, -0.15) is 0 Å². The molecule has 18 heavy (non-hydrogen) atoms. The Kier molecular flexibility index (Phi) is 3.30. The highest BCUT2D eigenvalue weighted by molar-refractivity contribution is 7.92. The number of aryl methyl sites for hydroxylation is 1. The summed E-state index contributed by atoms with van der Waals surface area (Å²) in [6.45, 7) is 1.82. The van der Waals surface area contributed by atoms with Crippen LogP contribution in [-0.4, -0.2) is 20.0 Å². The second-order valence-corrected chi connectivity index (χ2v) is 6.54. The average Bonchev–Trinajstić information content (AvgIpc) is 3.03. The van der Waals surface area contributed by atoms with Crippen LogP contribution < -0.4 is 10.5 Å². The molecule has 0 spiro atoms. The highest BCUT2D eigenvalue weighted by Crippen LogP contribution is 2.31. The average molecular weight is 267 g/mol. The second kappa shape index (κ2) is 4.61. The van der Waals surface area contributed by atoms with Gasteiger partial charge in [-0.05, 0) is 37.3 Å². The molecule has 4 N–H and O–H groups in total. The number of nitrogens with one attached hydrogen (secondary N) is 2. The molecule has 1 aromatic rings. The number of nitrogens with two attached hydrogens (primary N) is 1. The molecule has 1 aromatic carbocycles. The molecule has 1 fully saturated rings. The minimum atomic E-state index is -3.30. The van der Waals surface area contributed by atoms with Gasteiger partial charge in [0.1, 0.15) is 5.84 Å². The van der Waals surface area contributed by atoms with E-state index >= 15 is 0 Å². The Bertz CT molecular complexity index is 577. The SMILES string of the molecule is Cc1ccc(C(=N)N)cc1NS(=O)(=O)CC1CC1. The van der Waals surface area contributed by atoms with E-state index in [4.69, 9.17) is 11.1 Å². The van der Waals surface area contributed by atoms with Gasteiger partial charge < -0.3 is 5.73 Å². The predicted octanol–water partition coefficient (Wildman–Crippen LogP) is 1.43. The number of amidine groups is 1. The lowest BCUT2D eigenvalue weighted by Gasteiger charge is -2.11. The number of hydrogen-bond acceptors (Lipinski definition) is 3. The summed E-state index contributed by atoms with van der Waals surface area (Å²) >= 11 is 0. The van der Waals surface area contributed by atoms with Crippen molar-refractivity contribution in [2.45, 2.75) is 19.8 Å². The number of anilines is 1. The summed E-state index contributed by atoms with van der Waals surface area (Å²) in [5.41, 5.74) is 7.23. The van der Waals surface area contributed by atoms with Crippen molar-refractivity contribution in [1.82, 2.24) is 0 Å². The van der Waals surface area contributed by atoms with E-state index in [1.54, 1.807) is 18.2 Å². The van der Waals surface area contributed by atoms with Crippen molar-refractivity contribution in [2.75, 3.05) is 10.5 Å². The van der Waals surface area contributed by atoms with E-state index in [-0.39, 0.29) is 11.6 Å². The van der Waals surface area contributed by atoms with E-state index in [9.17, 15) is 8.42 Å². The van der Waals surface area contributed by atoms with Crippen LogP contribution in [0.5, 0.6) is 0 Å². The maximum absolute atomic E-state index is 11.9. The van der Waals surface area contributed by atoms with Gasteiger partial charge in [-0.3, -0.25) is 10.1 Å². The third-order valence-corrected chi connectivity index (χ3v) is 4.41. The van der Waals surface area contributed by atoms with Crippen LogP contribution in [0, 0.1) is 18.3 Å². The molecular weight excluding hydrogens is 250 g/mol. The van der Waals surface area contributed by atoms with Gasteiger partial charge in [-0.25, -0.2) is 8.42 Å². The standard InChI is InChI=1S/C12H17N3O2S/c1-8-2-5-10(12(13)14)6-11(8)15-18(16,17)7-9-3-4-9/h2,5-6,9,15H,3-4,7H2,1H3,(H3,13,14). The molecule has 0 amide bonds. The quantitative estimate of drug-likeness (QED) is 0.556. The first-order chi connectivity index (χ1) is 8.37. The first-order valence-corrected chi connectivity index (χ1v) is 7.48. The maximum Gasteiger partial charge on any atom is 0.233 e. The van der Waals surface area contributed by atoms with Crippen molar-refractivity contribution < 1.29 is 8.42 Å². The molecule has 5 nitrogen and oxygen atoms in total. The second-order valence-electron chi connectivity index (χ2n) is 4.77. The Morgan fingerprint density at radius 1 is 1.50 bits per heavy atom. The zero-order valence-electron chi connectivity index (χ0n) is 10.2. The van der Waals surface area contributed by atoms with Crippen molar-refractivity contribution >= 4 is 21.5 Å². The van der Waals surface area contributed by atoms with Gasteiger partial charge >= 0.3 is 0 Å². The number of rotatable bonds is 5. The van der Waals surface area contributed by atoms with Crippen molar-refractivity contribution in [1.29, 1.82) is 5.41 Å². The molecule has 0 unspecified atom stereocenters. The van der Waals surface area contributed by atoms with Crippen LogP contribution in [0.15, 0.2) is 18.2 Å². The van der Waals surface area contributed by atoms with E-state index in [0.717, 1.165) is 18.4 Å². The minimum Gasteiger partial charge on any atom is -0.384 e. The Morgan fingerprint density at radius 3 is 2.72 bits per heavy atom. The monoisotopic (exact) mass is 267 g/mol. The van der Waals surface area contributed by atoms with Crippen molar-refractivity contribution in [2.24, 2.45) is 11.7 Å². The van der Waals surface area contributed by atoms with Crippen LogP contribution in [0.4, 0.5) is 5.69 Å². The lowest BCUT2D eigenvalue weighted by molar-refractivity contribution is 0.597. The van der Waals surface area contributed by atoms with Crippen LogP contribution in [-0.2, 0) is 10.0 Å². The molecule has 0 saturated heterocycles. The maximum atomic E-state index is 11.9. The Morgan fingerprint density at radius 2 is 2.17 bits per heavy atom. The summed E-state index contributed by atoms with van der Waals surface area (Å²) < 4.78 is 26.3. The zero-order chi connectivity index (χ0) is 13.3. The molecule has 0 aliphatic heterocycles. The molecule has 2 rings (SSSR count). The van der Waals surface area contributed by atoms with Gasteiger partial charge in [0, 0.05) is 5.56 Å². The van der Waals surface area contributed by atoms with Gasteiger partial charge in [0.2, 0.25) is 10.0 Å². The Balaban J connectivity index is 2.21. The summed E-state index contributed by atoms with van der Waals surface area (Å²) in [5.74, 6) is 0.410. The third-order valence-electron chi connectivity index (χ3n) is 2.97. The summed E-state index contributed by atoms with van der Waals surface area (Å²) in [6, 6.07) is 5.06. The van der Waals surface area contributed by atoms with Gasteiger partial charge in [-0.1, -0.05) is 12.1 Å². The molecule has 1 aliphatic carbocycles. The Hall–Kier alpha value is -1.56. The molecule has 0 radical (unpaired) electrons. The van der Waals surface area contributed by atoms with Crippen molar-refractivity contribution in [3.63, 3.8) is 0 Å². The lowest BCUT2D eigenvalue weighted by atomic mass is 10.1. The molecule has 0 aromatic heterocycles. The van der Waals surface area contributed by atoms with Crippen molar-refractivity contribution in [3.05, 3.63) is 29.3 Å². The number of hydrogen-bond donors (Lipinski definition) is 3. The number of sulfonamides is 1. The van der Waals surface area contributed by atoms with E-state index < -0.39 is 10.0 Å². The molecule has 0 bridgehead atoms. The Labute approximate surface area is 107 Å². The van der Waals surface area contributed by atoms with E-state index in [0.29, 0.717) is 17.2 Å². The number of nitrogen functional groups attached to an aromatic ring is 1. The first kappa shape index (κ1) is 12.9. The molecule has 98 valence electrons. The van der Waals surface area contributed by atoms with E-state index in [2.05, 4.69) is 4.72 Å². The lowest BCUT2D eigenvalue weighted by Crippen LogP contribution is -2.19. The van der Waals surface area contributed by atoms with E-state index in [1.165, 1.54) is 0 Å². The summed E-state index contributed by atoms with van der Waals surface area (Å²) in [5, 5.41) is 7.36. The molecule has 0 heterocycles. The van der Waals surface area contributed by atoms with Crippen molar-refractivity contribution in [3.8, 4) is 0 Å². The summed E-state index contributed by atoms with van der Waals surface area (Å²) in [6.07, 6.45) is 1.99. The normalized spacial score (nSPS) is 15.4. The molecule has 0 atom stereocenters. The number of benzene rings is 1. The van der Waals surface area contributed by atoms with Crippen LogP contribution in [0.1, 0.15) is 24.0 Å². The molecule has 1 saturated carbocycles. The molecular formula is C12H17N3O2S. The zero-order valence-corrected chi connectivity index (χ0v) is 11.0.